The summed E-state index contributed by atoms with van der Waals surface area (Å²) >= 11 is 0. The average Bonchev–Trinajstić information content (AvgIpc) is 2.31. The molecule has 2 N–H and O–H groups in total. The van der Waals surface area contributed by atoms with E-state index in [1.807, 2.05) is 0 Å². The maximum absolute atomic E-state index is 9.35. The molecule has 0 aliphatic carbocycles. The normalized spacial score (nSPS) is 14.6. The van der Waals surface area contributed by atoms with E-state index in [1.165, 1.54) is 16.8 Å². The standard InChI is InChI=1S/C14H23NO/c1-5-14(4,10-16)9-15-13-8-6-7-11(2)12(13)3/h6-8,15-16H,5,9-10H2,1-4H3. The molecule has 2 nitrogen and oxygen atoms in total. The van der Waals surface area contributed by atoms with Gasteiger partial charge in [0.25, 0.3) is 0 Å². The van der Waals surface area contributed by atoms with Crippen molar-refractivity contribution in [2.75, 3.05) is 18.5 Å². The van der Waals surface area contributed by atoms with E-state index in [2.05, 4.69) is 51.2 Å². The minimum Gasteiger partial charge on any atom is -0.396 e. The molecule has 0 radical (unpaired) electrons. The summed E-state index contributed by atoms with van der Waals surface area (Å²) < 4.78 is 0. The molecular formula is C14H23NO. The highest BCUT2D eigenvalue weighted by Crippen LogP contribution is 2.23. The zero-order valence-electron chi connectivity index (χ0n) is 10.8. The lowest BCUT2D eigenvalue weighted by atomic mass is 9.88. The number of benzene rings is 1. The van der Waals surface area contributed by atoms with Crippen LogP contribution < -0.4 is 5.32 Å². The number of anilines is 1. The first-order valence-corrected chi connectivity index (χ1v) is 5.93. The summed E-state index contributed by atoms with van der Waals surface area (Å²) in [5.41, 5.74) is 3.73. The molecule has 0 fully saturated rings. The fraction of sp³-hybridized carbons (Fsp3) is 0.571. The Morgan fingerprint density at radius 1 is 1.31 bits per heavy atom. The summed E-state index contributed by atoms with van der Waals surface area (Å²) in [5.74, 6) is 0. The third-order valence-corrected chi connectivity index (χ3v) is 3.55. The second-order valence-electron chi connectivity index (χ2n) is 4.92. The first kappa shape index (κ1) is 13.0. The molecule has 1 atom stereocenters. The predicted molar refractivity (Wildman–Crippen MR) is 69.9 cm³/mol. The Hall–Kier alpha value is -1.02. The van der Waals surface area contributed by atoms with Gasteiger partial charge in [-0.3, -0.25) is 0 Å². The van der Waals surface area contributed by atoms with Crippen molar-refractivity contribution in [1.82, 2.24) is 0 Å². The quantitative estimate of drug-likeness (QED) is 0.800. The van der Waals surface area contributed by atoms with Crippen LogP contribution in [0, 0.1) is 19.3 Å². The van der Waals surface area contributed by atoms with Gasteiger partial charge in [-0.25, -0.2) is 0 Å². The van der Waals surface area contributed by atoms with Crippen molar-refractivity contribution in [2.24, 2.45) is 5.41 Å². The van der Waals surface area contributed by atoms with Gasteiger partial charge >= 0.3 is 0 Å². The summed E-state index contributed by atoms with van der Waals surface area (Å²) in [6.45, 7) is 9.49. The zero-order chi connectivity index (χ0) is 12.2. The average molecular weight is 221 g/mol. The molecule has 0 aliphatic rings. The molecule has 1 rings (SSSR count). The molecule has 0 heterocycles. The van der Waals surface area contributed by atoms with E-state index < -0.39 is 0 Å². The van der Waals surface area contributed by atoms with E-state index >= 15 is 0 Å². The Kier molecular flexibility index (Phi) is 4.36. The van der Waals surface area contributed by atoms with Gasteiger partial charge in [-0.05, 0) is 37.5 Å². The molecule has 1 aromatic rings. The maximum atomic E-state index is 9.35. The van der Waals surface area contributed by atoms with Crippen molar-refractivity contribution >= 4 is 5.69 Å². The molecule has 0 saturated carbocycles. The molecule has 90 valence electrons. The highest BCUT2D eigenvalue weighted by molar-refractivity contribution is 5.53. The fourth-order valence-corrected chi connectivity index (χ4v) is 1.54. The predicted octanol–water partition coefficient (Wildman–Crippen LogP) is 3.12. The number of aliphatic hydroxyl groups is 1. The van der Waals surface area contributed by atoms with Crippen LogP contribution in [-0.4, -0.2) is 18.3 Å². The summed E-state index contributed by atoms with van der Waals surface area (Å²) in [4.78, 5) is 0. The van der Waals surface area contributed by atoms with Gasteiger partial charge in [-0.2, -0.15) is 0 Å². The van der Waals surface area contributed by atoms with Crippen LogP contribution in [0.1, 0.15) is 31.4 Å². The molecule has 2 heteroatoms. The van der Waals surface area contributed by atoms with Crippen LogP contribution in [0.3, 0.4) is 0 Å². The van der Waals surface area contributed by atoms with Crippen LogP contribution in [0.2, 0.25) is 0 Å². The van der Waals surface area contributed by atoms with E-state index in [4.69, 9.17) is 0 Å². The molecule has 0 aromatic heterocycles. The Morgan fingerprint density at radius 2 is 2.00 bits per heavy atom. The van der Waals surface area contributed by atoms with Crippen LogP contribution in [0.15, 0.2) is 18.2 Å². The van der Waals surface area contributed by atoms with Gasteiger partial charge in [0.1, 0.15) is 0 Å². The van der Waals surface area contributed by atoms with E-state index in [0.29, 0.717) is 0 Å². The molecule has 1 aromatic carbocycles. The van der Waals surface area contributed by atoms with Crippen LogP contribution >= 0.6 is 0 Å². The smallest absolute Gasteiger partial charge is 0.0501 e. The molecule has 16 heavy (non-hydrogen) atoms. The van der Waals surface area contributed by atoms with E-state index in [0.717, 1.165) is 13.0 Å². The van der Waals surface area contributed by atoms with Gasteiger partial charge in [0.15, 0.2) is 0 Å². The summed E-state index contributed by atoms with van der Waals surface area (Å²) in [7, 11) is 0. The first-order chi connectivity index (χ1) is 7.52. The van der Waals surface area contributed by atoms with Crippen molar-refractivity contribution in [3.63, 3.8) is 0 Å². The Balaban J connectivity index is 2.71. The summed E-state index contributed by atoms with van der Waals surface area (Å²) in [6, 6.07) is 6.27. The Labute approximate surface area is 98.7 Å². The minimum absolute atomic E-state index is 0.0316. The largest absolute Gasteiger partial charge is 0.396 e. The third-order valence-electron chi connectivity index (χ3n) is 3.55. The SMILES string of the molecule is CCC(C)(CO)CNc1cccc(C)c1C. The van der Waals surface area contributed by atoms with Crippen molar-refractivity contribution < 1.29 is 5.11 Å². The van der Waals surface area contributed by atoms with Gasteiger partial charge in [0.05, 0.1) is 6.61 Å². The third kappa shape index (κ3) is 2.99. The lowest BCUT2D eigenvalue weighted by molar-refractivity contribution is 0.149. The fourth-order valence-electron chi connectivity index (χ4n) is 1.54. The second kappa shape index (κ2) is 5.35. The van der Waals surface area contributed by atoms with Gasteiger partial charge < -0.3 is 10.4 Å². The topological polar surface area (TPSA) is 32.3 Å². The zero-order valence-corrected chi connectivity index (χ0v) is 10.8. The molecule has 0 saturated heterocycles. The molecule has 0 spiro atoms. The molecule has 1 unspecified atom stereocenters. The highest BCUT2D eigenvalue weighted by atomic mass is 16.3. The van der Waals surface area contributed by atoms with E-state index in [-0.39, 0.29) is 12.0 Å². The van der Waals surface area contributed by atoms with Gasteiger partial charge in [-0.15, -0.1) is 0 Å². The molecule has 0 bridgehead atoms. The number of aliphatic hydroxyl groups excluding tert-OH is 1. The van der Waals surface area contributed by atoms with Crippen LogP contribution in [0.5, 0.6) is 0 Å². The second-order valence-corrected chi connectivity index (χ2v) is 4.92. The Bertz CT molecular complexity index is 343. The Morgan fingerprint density at radius 3 is 2.56 bits per heavy atom. The first-order valence-electron chi connectivity index (χ1n) is 5.93. The molecule has 0 aliphatic heterocycles. The van der Waals surface area contributed by atoms with Crippen LogP contribution in [-0.2, 0) is 0 Å². The summed E-state index contributed by atoms with van der Waals surface area (Å²) in [6.07, 6.45) is 0.974. The maximum Gasteiger partial charge on any atom is 0.0501 e. The van der Waals surface area contributed by atoms with Crippen molar-refractivity contribution in [1.29, 1.82) is 0 Å². The number of hydrogen-bond acceptors (Lipinski definition) is 2. The minimum atomic E-state index is -0.0316. The number of hydrogen-bond donors (Lipinski definition) is 2. The lowest BCUT2D eigenvalue weighted by Crippen LogP contribution is -2.29. The van der Waals surface area contributed by atoms with Gasteiger partial charge in [0.2, 0.25) is 0 Å². The van der Waals surface area contributed by atoms with Crippen molar-refractivity contribution in [2.45, 2.75) is 34.1 Å². The number of nitrogens with one attached hydrogen (secondary N) is 1. The van der Waals surface area contributed by atoms with Crippen molar-refractivity contribution in [3.05, 3.63) is 29.3 Å². The van der Waals surface area contributed by atoms with E-state index in [1.54, 1.807) is 0 Å². The van der Waals surface area contributed by atoms with Crippen LogP contribution in [0.4, 0.5) is 5.69 Å². The summed E-state index contributed by atoms with van der Waals surface area (Å²) in [5, 5.41) is 12.8. The monoisotopic (exact) mass is 221 g/mol. The van der Waals surface area contributed by atoms with Gasteiger partial charge in [-0.1, -0.05) is 26.0 Å². The number of rotatable bonds is 5. The van der Waals surface area contributed by atoms with Crippen molar-refractivity contribution in [3.8, 4) is 0 Å². The lowest BCUT2D eigenvalue weighted by Gasteiger charge is -2.27. The molecular weight excluding hydrogens is 198 g/mol. The highest BCUT2D eigenvalue weighted by Gasteiger charge is 2.20. The van der Waals surface area contributed by atoms with Crippen LogP contribution in [0.25, 0.3) is 0 Å². The number of aryl methyl sites for hydroxylation is 1. The van der Waals surface area contributed by atoms with E-state index in [9.17, 15) is 5.11 Å². The van der Waals surface area contributed by atoms with Gasteiger partial charge in [0, 0.05) is 17.6 Å². The molecule has 0 amide bonds.